The number of aromatic nitrogens is 4. The van der Waals surface area contributed by atoms with E-state index in [-0.39, 0.29) is 47.7 Å². The maximum Gasteiger partial charge on any atom is 0.433 e. The fourth-order valence-corrected chi connectivity index (χ4v) is 6.56. The Bertz CT molecular complexity index is 1920. The van der Waals surface area contributed by atoms with Crippen LogP contribution in [-0.4, -0.2) is 54.1 Å². The molecule has 2 amide bonds. The van der Waals surface area contributed by atoms with E-state index in [1.54, 1.807) is 30.1 Å². The van der Waals surface area contributed by atoms with Gasteiger partial charge in [-0.1, -0.05) is 6.92 Å². The average Bonchev–Trinajstić information content (AvgIpc) is 3.54. The number of hydrogen-bond donors (Lipinski definition) is 1. The second kappa shape index (κ2) is 11.0. The van der Waals surface area contributed by atoms with Crippen molar-refractivity contribution < 1.29 is 31.9 Å². The van der Waals surface area contributed by atoms with Crippen molar-refractivity contribution in [3.8, 4) is 11.1 Å². The minimum Gasteiger partial charge on any atom is -0.337 e. The number of piperidine rings is 1. The number of halogens is 4. The fraction of sp³-hybridized carbons (Fsp3) is 0.394. The van der Waals surface area contributed by atoms with Crippen LogP contribution in [-0.2, 0) is 22.3 Å². The molecule has 46 heavy (non-hydrogen) atoms. The highest BCUT2D eigenvalue weighted by Crippen LogP contribution is 2.57. The minimum atomic E-state index is -4.91. The average molecular weight is 637 g/mol. The zero-order valence-corrected chi connectivity index (χ0v) is 25.9. The summed E-state index contributed by atoms with van der Waals surface area (Å²) >= 11 is 0. The van der Waals surface area contributed by atoms with Crippen LogP contribution in [0, 0.1) is 32.0 Å². The number of Topliss-reactive ketones (excluding diaryl/α,β-unsaturated/α-hetero) is 1. The number of fused-ring (bicyclic) bond motifs is 2. The third-order valence-electron chi connectivity index (χ3n) is 9.26. The van der Waals surface area contributed by atoms with Gasteiger partial charge in [-0.15, -0.1) is 0 Å². The number of rotatable bonds is 6. The summed E-state index contributed by atoms with van der Waals surface area (Å²) in [7, 11) is 0. The van der Waals surface area contributed by atoms with Crippen molar-refractivity contribution in [2.24, 2.45) is 5.41 Å². The van der Waals surface area contributed by atoms with Gasteiger partial charge in [0.05, 0.1) is 5.52 Å². The minimum absolute atomic E-state index is 0.177. The molecule has 1 saturated heterocycles. The zero-order chi connectivity index (χ0) is 33.3. The van der Waals surface area contributed by atoms with Crippen LogP contribution in [0.5, 0.6) is 0 Å². The number of carbonyl (C=O) groups excluding carboxylic acids is 3. The zero-order valence-electron chi connectivity index (χ0n) is 25.9. The van der Waals surface area contributed by atoms with E-state index in [4.69, 9.17) is 0 Å². The molecule has 1 saturated carbocycles. The normalized spacial score (nSPS) is 20.8. The van der Waals surface area contributed by atoms with Crippen molar-refractivity contribution in [3.63, 3.8) is 0 Å². The molecule has 2 fully saturated rings. The maximum absolute atomic E-state index is 14.4. The Balaban J connectivity index is 1.32. The van der Waals surface area contributed by atoms with Crippen LogP contribution in [0.3, 0.4) is 0 Å². The van der Waals surface area contributed by atoms with Crippen LogP contribution in [0.25, 0.3) is 22.0 Å². The molecule has 3 atom stereocenters. The van der Waals surface area contributed by atoms with Gasteiger partial charge >= 0.3 is 6.18 Å². The van der Waals surface area contributed by atoms with E-state index in [0.717, 1.165) is 16.7 Å². The molecule has 4 heterocycles. The monoisotopic (exact) mass is 636 g/mol. The highest BCUT2D eigenvalue weighted by atomic mass is 19.4. The SMILES string of the molecule is CC(=O)c1cn(CC(=O)N2[C@H](C(=O)Nc3nc(C(F)(F)F)cc(F)c3C)CC[C@@]3(C)C[C@@H]23)c2c(C)cc(-c3cnc(C)nc3)cc12. The molecule has 1 aliphatic heterocycles. The topological polar surface area (TPSA) is 110 Å². The second-order valence-corrected chi connectivity index (χ2v) is 12.6. The first-order valence-electron chi connectivity index (χ1n) is 14.9. The van der Waals surface area contributed by atoms with Crippen LogP contribution >= 0.6 is 0 Å². The van der Waals surface area contributed by atoms with Gasteiger partial charge in [-0.3, -0.25) is 14.4 Å². The van der Waals surface area contributed by atoms with Gasteiger partial charge in [-0.2, -0.15) is 13.2 Å². The summed E-state index contributed by atoms with van der Waals surface area (Å²) in [6.45, 7) is 8.19. The largest absolute Gasteiger partial charge is 0.433 e. The number of amides is 2. The van der Waals surface area contributed by atoms with Crippen molar-refractivity contribution in [3.05, 3.63) is 70.8 Å². The Morgan fingerprint density at radius 2 is 1.76 bits per heavy atom. The summed E-state index contributed by atoms with van der Waals surface area (Å²) in [4.78, 5) is 53.9. The predicted molar refractivity (Wildman–Crippen MR) is 161 cm³/mol. The smallest absolute Gasteiger partial charge is 0.337 e. The summed E-state index contributed by atoms with van der Waals surface area (Å²) in [6, 6.07) is 2.83. The third kappa shape index (κ3) is 5.51. The van der Waals surface area contributed by atoms with E-state index < -0.39 is 35.5 Å². The molecule has 0 spiro atoms. The van der Waals surface area contributed by atoms with Gasteiger partial charge in [0.15, 0.2) is 5.78 Å². The molecule has 13 heteroatoms. The quantitative estimate of drug-likeness (QED) is 0.200. The lowest BCUT2D eigenvalue weighted by Crippen LogP contribution is -2.53. The van der Waals surface area contributed by atoms with Crippen LogP contribution in [0.4, 0.5) is 23.4 Å². The molecule has 0 unspecified atom stereocenters. The number of hydrogen-bond acceptors (Lipinski definition) is 6. The lowest BCUT2D eigenvalue weighted by molar-refractivity contribution is -0.142. The van der Waals surface area contributed by atoms with E-state index in [1.165, 1.54) is 18.7 Å². The molecule has 4 aromatic rings. The first-order chi connectivity index (χ1) is 21.6. The number of aryl methyl sites for hydroxylation is 2. The second-order valence-electron chi connectivity index (χ2n) is 12.6. The van der Waals surface area contributed by atoms with Crippen LogP contribution < -0.4 is 5.32 Å². The Labute approximate surface area is 262 Å². The molecule has 1 aliphatic carbocycles. The van der Waals surface area contributed by atoms with E-state index in [9.17, 15) is 31.9 Å². The van der Waals surface area contributed by atoms with Crippen molar-refractivity contribution in [1.29, 1.82) is 0 Å². The van der Waals surface area contributed by atoms with Crippen molar-refractivity contribution in [1.82, 2.24) is 24.4 Å². The summed E-state index contributed by atoms with van der Waals surface area (Å²) in [5.74, 6) is -2.37. The molecule has 0 radical (unpaired) electrons. The number of benzene rings is 1. The molecule has 1 N–H and O–H groups in total. The number of nitrogens with one attached hydrogen (secondary N) is 1. The lowest BCUT2D eigenvalue weighted by atomic mass is 9.92. The van der Waals surface area contributed by atoms with Gasteiger partial charge in [0, 0.05) is 52.8 Å². The Morgan fingerprint density at radius 3 is 2.41 bits per heavy atom. The van der Waals surface area contributed by atoms with E-state index >= 15 is 0 Å². The highest BCUT2D eigenvalue weighted by Gasteiger charge is 2.60. The Kier molecular flexibility index (Phi) is 7.48. The molecule has 3 aromatic heterocycles. The van der Waals surface area contributed by atoms with E-state index in [1.807, 2.05) is 26.0 Å². The van der Waals surface area contributed by atoms with Crippen molar-refractivity contribution >= 4 is 34.3 Å². The first kappa shape index (κ1) is 31.3. The number of carbonyl (C=O) groups is 3. The molecule has 240 valence electrons. The molecule has 1 aromatic carbocycles. The standard InChI is InChI=1S/C33H32F4N6O3/c1-16-8-20(21-12-38-19(4)39-13-21)9-22-23(18(3)44)14-42(29(16)22)15-28(45)43-25(6-7-32(5)11-27(32)43)31(46)41-30-17(2)24(34)10-26(40-30)33(35,36)37/h8-10,12-14,25,27H,6-7,11,15H2,1-5H3,(H,40,41,46)/t25-,27+,32-/m0/s1. The number of pyridine rings is 1. The number of anilines is 1. The Morgan fingerprint density at radius 1 is 1.07 bits per heavy atom. The summed E-state index contributed by atoms with van der Waals surface area (Å²) in [5.41, 5.74) is 1.62. The lowest BCUT2D eigenvalue weighted by Gasteiger charge is -2.37. The molecule has 2 aliphatic rings. The number of nitrogens with zero attached hydrogens (tertiary/aromatic N) is 5. The van der Waals surface area contributed by atoms with E-state index in [2.05, 4.69) is 20.3 Å². The maximum atomic E-state index is 14.4. The van der Waals surface area contributed by atoms with Gasteiger partial charge in [0.1, 0.15) is 35.7 Å². The van der Waals surface area contributed by atoms with Gasteiger partial charge in [0.2, 0.25) is 11.8 Å². The van der Waals surface area contributed by atoms with Gasteiger partial charge in [0.25, 0.3) is 0 Å². The number of alkyl halides is 3. The van der Waals surface area contributed by atoms with Gasteiger partial charge in [-0.25, -0.2) is 19.3 Å². The molecule has 6 rings (SSSR count). The van der Waals surface area contributed by atoms with Crippen LogP contribution in [0.2, 0.25) is 0 Å². The van der Waals surface area contributed by atoms with E-state index in [0.29, 0.717) is 35.1 Å². The van der Waals surface area contributed by atoms with Crippen molar-refractivity contribution in [2.45, 2.75) is 78.7 Å². The van der Waals surface area contributed by atoms with Crippen LogP contribution in [0.1, 0.15) is 66.1 Å². The number of ketones is 1. The highest BCUT2D eigenvalue weighted by molar-refractivity contribution is 6.09. The van der Waals surface area contributed by atoms with Crippen LogP contribution in [0.15, 0.2) is 36.8 Å². The summed E-state index contributed by atoms with van der Waals surface area (Å²) in [6.07, 6.45) is 1.71. The first-order valence-corrected chi connectivity index (χ1v) is 14.9. The van der Waals surface area contributed by atoms with Gasteiger partial charge < -0.3 is 14.8 Å². The summed E-state index contributed by atoms with van der Waals surface area (Å²) in [5, 5.41) is 3.03. The molecule has 9 nitrogen and oxygen atoms in total. The number of likely N-dealkylation sites (tertiary alicyclic amines) is 1. The third-order valence-corrected chi connectivity index (χ3v) is 9.26. The van der Waals surface area contributed by atoms with Crippen molar-refractivity contribution in [2.75, 3.05) is 5.32 Å². The predicted octanol–water partition coefficient (Wildman–Crippen LogP) is 6.19. The Hall–Kier alpha value is -4.68. The molecular formula is C33H32F4N6O3. The molecule has 0 bridgehead atoms. The molecular weight excluding hydrogens is 604 g/mol. The fourth-order valence-electron chi connectivity index (χ4n) is 6.56. The van der Waals surface area contributed by atoms with Gasteiger partial charge in [-0.05, 0) is 75.6 Å². The summed E-state index contributed by atoms with van der Waals surface area (Å²) < 4.78 is 56.1.